The van der Waals surface area contributed by atoms with Gasteiger partial charge in [0.2, 0.25) is 0 Å². The Hall–Kier alpha value is -1.43. The van der Waals surface area contributed by atoms with Crippen LogP contribution in [-0.2, 0) is 9.59 Å². The van der Waals surface area contributed by atoms with Crippen LogP contribution in [0.15, 0.2) is 0 Å². The normalized spacial score (nSPS) is 10.4. The maximum Gasteiger partial charge on any atom is 0.346 e. The minimum absolute atomic E-state index is 0.333. The van der Waals surface area contributed by atoms with Crippen molar-refractivity contribution in [2.75, 3.05) is 0 Å². The number of aliphatic hydroxyl groups is 1. The third-order valence-corrected chi connectivity index (χ3v) is 0.481. The highest BCUT2D eigenvalue weighted by Gasteiger charge is 2.01. The molecule has 0 rings (SSSR count). The van der Waals surface area contributed by atoms with Gasteiger partial charge in [-0.1, -0.05) is 0 Å². The summed E-state index contributed by atoms with van der Waals surface area (Å²) in [7, 11) is 0. The number of aliphatic carboxylic acids is 2. The molecule has 4 N–H and O–H groups in total. The van der Waals surface area contributed by atoms with Crippen LogP contribution >= 0.6 is 0 Å². The molecule has 0 aliphatic rings. The second kappa shape index (κ2) is 6.69. The molecule has 1 atom stereocenters. The fraction of sp³-hybridized carbons (Fsp3) is 0.400. The summed E-state index contributed by atoms with van der Waals surface area (Å²) in [5, 5.41) is 29.2. The molecule has 0 saturated carbocycles. The van der Waals surface area contributed by atoms with E-state index in [9.17, 15) is 4.79 Å². The monoisotopic (exact) mass is 163 g/mol. The smallest absolute Gasteiger partial charge is 0.346 e. The summed E-state index contributed by atoms with van der Waals surface area (Å²) in [5.74, 6) is -2.39. The number of hydrogen-bond donors (Lipinski definition) is 4. The van der Waals surface area contributed by atoms with Crippen molar-refractivity contribution in [3.05, 3.63) is 0 Å². The molecule has 1 unspecified atom stereocenters. The third kappa shape index (κ3) is 17.7. The number of nitrogens with one attached hydrogen (secondary N) is 1. The average Bonchev–Trinajstić information content (AvgIpc) is 1.89. The molecule has 0 spiro atoms. The van der Waals surface area contributed by atoms with Gasteiger partial charge in [-0.3, -0.25) is 0 Å². The standard InChI is InChI=1S/C3H6O3.C2H3NO2/c1-2(4)3(5)6;3-1-2(4)5/h2,4H,1H3,(H,5,6);1,3H,(H,4,5). The summed E-state index contributed by atoms with van der Waals surface area (Å²) in [6, 6.07) is 0. The lowest BCUT2D eigenvalue weighted by Gasteiger charge is -1.89. The summed E-state index contributed by atoms with van der Waals surface area (Å²) in [4.78, 5) is 18.6. The van der Waals surface area contributed by atoms with E-state index in [1.165, 1.54) is 6.92 Å². The fourth-order valence-electron chi connectivity index (χ4n) is 0. The summed E-state index contributed by atoms with van der Waals surface area (Å²) in [6.45, 7) is 1.20. The van der Waals surface area contributed by atoms with Crippen LogP contribution in [0, 0.1) is 5.41 Å². The first-order chi connectivity index (χ1) is 4.91. The van der Waals surface area contributed by atoms with Gasteiger partial charge in [0.05, 0.1) is 0 Å². The third-order valence-electron chi connectivity index (χ3n) is 0.481. The molecule has 0 amide bonds. The molecule has 0 radical (unpaired) electrons. The molecule has 0 aromatic heterocycles. The Kier molecular flexibility index (Phi) is 7.46. The number of rotatable bonds is 2. The second-order valence-electron chi connectivity index (χ2n) is 1.50. The van der Waals surface area contributed by atoms with E-state index in [0.717, 1.165) is 0 Å². The van der Waals surface area contributed by atoms with Crippen LogP contribution in [0.5, 0.6) is 0 Å². The Bertz CT molecular complexity index is 153. The van der Waals surface area contributed by atoms with Gasteiger partial charge >= 0.3 is 11.9 Å². The van der Waals surface area contributed by atoms with Gasteiger partial charge in [0.1, 0.15) is 12.3 Å². The lowest BCUT2D eigenvalue weighted by molar-refractivity contribution is -0.145. The van der Waals surface area contributed by atoms with E-state index >= 15 is 0 Å². The Morgan fingerprint density at radius 2 is 1.64 bits per heavy atom. The van der Waals surface area contributed by atoms with Crippen LogP contribution in [0.1, 0.15) is 6.92 Å². The van der Waals surface area contributed by atoms with Gasteiger partial charge in [-0.15, -0.1) is 0 Å². The van der Waals surface area contributed by atoms with E-state index in [2.05, 4.69) is 0 Å². The molecular weight excluding hydrogens is 154 g/mol. The lowest BCUT2D eigenvalue weighted by atomic mass is 10.4. The van der Waals surface area contributed by atoms with E-state index in [1.54, 1.807) is 0 Å². The topological polar surface area (TPSA) is 119 Å². The van der Waals surface area contributed by atoms with Crippen LogP contribution in [-0.4, -0.2) is 39.6 Å². The number of carboxylic acids is 2. The highest BCUT2D eigenvalue weighted by molar-refractivity contribution is 6.20. The molecule has 0 aliphatic carbocycles. The van der Waals surface area contributed by atoms with Crippen molar-refractivity contribution in [2.24, 2.45) is 0 Å². The number of carbonyl (C=O) groups is 2. The molecule has 0 bridgehead atoms. The van der Waals surface area contributed by atoms with Crippen LogP contribution in [0.3, 0.4) is 0 Å². The number of aliphatic hydroxyl groups excluding tert-OH is 1. The minimum Gasteiger partial charge on any atom is -0.479 e. The van der Waals surface area contributed by atoms with Crippen LogP contribution in [0.4, 0.5) is 0 Å². The average molecular weight is 163 g/mol. The van der Waals surface area contributed by atoms with Crippen LogP contribution in [0.2, 0.25) is 0 Å². The predicted octanol–water partition coefficient (Wildman–Crippen LogP) is -0.828. The van der Waals surface area contributed by atoms with Crippen molar-refractivity contribution in [1.29, 1.82) is 5.41 Å². The van der Waals surface area contributed by atoms with E-state index in [4.69, 9.17) is 25.5 Å². The van der Waals surface area contributed by atoms with Crippen LogP contribution in [0.25, 0.3) is 0 Å². The minimum atomic E-state index is -1.23. The zero-order chi connectivity index (χ0) is 9.44. The molecule has 0 saturated heterocycles. The Labute approximate surface area is 62.6 Å². The van der Waals surface area contributed by atoms with Gasteiger partial charge < -0.3 is 20.7 Å². The first-order valence-corrected chi connectivity index (χ1v) is 2.56. The molecule has 0 aromatic carbocycles. The second-order valence-corrected chi connectivity index (χ2v) is 1.50. The summed E-state index contributed by atoms with van der Waals surface area (Å²) in [6.07, 6.45) is -0.898. The Morgan fingerprint density at radius 3 is 1.64 bits per heavy atom. The Balaban J connectivity index is 0. The van der Waals surface area contributed by atoms with Crippen molar-refractivity contribution >= 4 is 18.2 Å². The highest BCUT2D eigenvalue weighted by atomic mass is 16.4. The first-order valence-electron chi connectivity index (χ1n) is 2.56. The molecule has 64 valence electrons. The van der Waals surface area contributed by atoms with Crippen molar-refractivity contribution in [3.8, 4) is 0 Å². The van der Waals surface area contributed by atoms with E-state index in [1.807, 2.05) is 0 Å². The number of carboxylic acid groups (broad SMARTS) is 2. The molecule has 0 aliphatic heterocycles. The molecule has 11 heavy (non-hydrogen) atoms. The molecule has 6 nitrogen and oxygen atoms in total. The van der Waals surface area contributed by atoms with E-state index in [0.29, 0.717) is 6.21 Å². The predicted molar refractivity (Wildman–Crippen MR) is 35.7 cm³/mol. The first kappa shape index (κ1) is 12.3. The highest BCUT2D eigenvalue weighted by Crippen LogP contribution is 1.73. The van der Waals surface area contributed by atoms with Crippen molar-refractivity contribution in [1.82, 2.24) is 0 Å². The fourth-order valence-corrected chi connectivity index (χ4v) is 0. The summed E-state index contributed by atoms with van der Waals surface area (Å²) in [5.41, 5.74) is 0. The molecular formula is C5H9NO5. The molecule has 6 heteroatoms. The van der Waals surface area contributed by atoms with Gasteiger partial charge in [-0.2, -0.15) is 0 Å². The van der Waals surface area contributed by atoms with E-state index < -0.39 is 18.0 Å². The van der Waals surface area contributed by atoms with Gasteiger partial charge in [0.15, 0.2) is 0 Å². The van der Waals surface area contributed by atoms with Gasteiger partial charge in [-0.05, 0) is 6.92 Å². The number of hydrogen-bond acceptors (Lipinski definition) is 4. The van der Waals surface area contributed by atoms with Crippen LogP contribution < -0.4 is 0 Å². The largest absolute Gasteiger partial charge is 0.479 e. The lowest BCUT2D eigenvalue weighted by Crippen LogP contribution is -2.13. The van der Waals surface area contributed by atoms with Gasteiger partial charge in [0, 0.05) is 0 Å². The van der Waals surface area contributed by atoms with Crippen molar-refractivity contribution in [3.63, 3.8) is 0 Å². The van der Waals surface area contributed by atoms with Crippen molar-refractivity contribution < 1.29 is 24.9 Å². The summed E-state index contributed by atoms with van der Waals surface area (Å²) < 4.78 is 0. The quantitative estimate of drug-likeness (QED) is 0.396. The zero-order valence-corrected chi connectivity index (χ0v) is 5.81. The van der Waals surface area contributed by atoms with Gasteiger partial charge in [-0.25, -0.2) is 9.59 Å². The van der Waals surface area contributed by atoms with Gasteiger partial charge in [0.25, 0.3) is 0 Å². The molecule has 0 aromatic rings. The summed E-state index contributed by atoms with van der Waals surface area (Å²) >= 11 is 0. The van der Waals surface area contributed by atoms with E-state index in [-0.39, 0.29) is 0 Å². The maximum atomic E-state index is 9.45. The van der Waals surface area contributed by atoms with Crippen molar-refractivity contribution in [2.45, 2.75) is 13.0 Å². The maximum absolute atomic E-state index is 9.45. The Morgan fingerprint density at radius 1 is 1.45 bits per heavy atom. The molecule has 0 fully saturated rings. The SMILES string of the molecule is CC(O)C(=O)O.N=CC(=O)O. The zero-order valence-electron chi connectivity index (χ0n) is 5.81. The molecule has 0 heterocycles.